The Kier molecular flexibility index (Phi) is 4.03. The number of benzene rings is 1. The van der Waals surface area contributed by atoms with E-state index in [0.717, 1.165) is 44.1 Å². The van der Waals surface area contributed by atoms with E-state index >= 15 is 0 Å². The number of amides is 2. The van der Waals surface area contributed by atoms with Crippen LogP contribution in [0, 0.1) is 0 Å². The highest BCUT2D eigenvalue weighted by Crippen LogP contribution is 2.34. The SMILES string of the molecule is NC(=O)c1cn[nH]c1C1CCCCN1C(=O)c1cccc2c1CCC2. The molecule has 4 rings (SSSR count). The van der Waals surface area contributed by atoms with Crippen molar-refractivity contribution < 1.29 is 9.59 Å². The van der Waals surface area contributed by atoms with Crippen LogP contribution in [0.2, 0.25) is 0 Å². The molecule has 6 heteroatoms. The number of hydrogen-bond donors (Lipinski definition) is 2. The minimum atomic E-state index is -0.512. The largest absolute Gasteiger partial charge is 0.365 e. The van der Waals surface area contributed by atoms with Gasteiger partial charge in [0.2, 0.25) is 0 Å². The third kappa shape index (κ3) is 2.71. The summed E-state index contributed by atoms with van der Waals surface area (Å²) in [5.41, 5.74) is 9.80. The summed E-state index contributed by atoms with van der Waals surface area (Å²) in [7, 11) is 0. The summed E-state index contributed by atoms with van der Waals surface area (Å²) in [5.74, 6) is -0.462. The lowest BCUT2D eigenvalue weighted by atomic mass is 9.94. The fourth-order valence-electron chi connectivity index (χ4n) is 4.20. The number of aromatic amines is 1. The molecule has 0 radical (unpaired) electrons. The van der Waals surface area contributed by atoms with Gasteiger partial charge in [-0.15, -0.1) is 0 Å². The molecule has 1 aliphatic heterocycles. The van der Waals surface area contributed by atoms with Crippen molar-refractivity contribution in [3.8, 4) is 0 Å². The van der Waals surface area contributed by atoms with E-state index in [2.05, 4.69) is 16.3 Å². The Hall–Kier alpha value is -2.63. The molecule has 2 aliphatic rings. The van der Waals surface area contributed by atoms with Crippen molar-refractivity contribution in [3.05, 3.63) is 52.3 Å². The van der Waals surface area contributed by atoms with Crippen molar-refractivity contribution >= 4 is 11.8 Å². The first-order chi connectivity index (χ1) is 12.2. The Bertz CT molecular complexity index is 827. The molecule has 2 amide bonds. The van der Waals surface area contributed by atoms with Crippen LogP contribution in [-0.4, -0.2) is 33.5 Å². The molecule has 3 N–H and O–H groups in total. The van der Waals surface area contributed by atoms with Crippen molar-refractivity contribution in [3.63, 3.8) is 0 Å². The van der Waals surface area contributed by atoms with Gasteiger partial charge in [0.05, 0.1) is 23.5 Å². The summed E-state index contributed by atoms with van der Waals surface area (Å²) in [4.78, 5) is 26.9. The number of rotatable bonds is 3. The molecule has 2 heterocycles. The summed E-state index contributed by atoms with van der Waals surface area (Å²) >= 11 is 0. The molecule has 1 aliphatic carbocycles. The minimum absolute atomic E-state index is 0.0495. The predicted molar refractivity (Wildman–Crippen MR) is 93.2 cm³/mol. The van der Waals surface area contributed by atoms with Crippen LogP contribution in [0.4, 0.5) is 0 Å². The lowest BCUT2D eigenvalue weighted by Crippen LogP contribution is -2.39. The zero-order valence-corrected chi connectivity index (χ0v) is 14.1. The molecule has 6 nitrogen and oxygen atoms in total. The maximum Gasteiger partial charge on any atom is 0.254 e. The van der Waals surface area contributed by atoms with Crippen LogP contribution in [0.5, 0.6) is 0 Å². The maximum atomic E-state index is 13.3. The highest BCUT2D eigenvalue weighted by Gasteiger charge is 2.33. The number of piperidine rings is 1. The molecule has 25 heavy (non-hydrogen) atoms. The quantitative estimate of drug-likeness (QED) is 0.900. The standard InChI is InChI=1S/C19H22N4O2/c20-18(24)15-11-21-22-17(15)16-9-1-2-10-23(16)19(25)14-8-4-6-12-5-3-7-13(12)14/h4,6,8,11,16H,1-3,5,7,9-10H2,(H2,20,24)(H,21,22). The van der Waals surface area contributed by atoms with E-state index < -0.39 is 5.91 Å². The van der Waals surface area contributed by atoms with Gasteiger partial charge in [-0.05, 0) is 55.7 Å². The van der Waals surface area contributed by atoms with Gasteiger partial charge in [0, 0.05) is 12.1 Å². The third-order valence-electron chi connectivity index (χ3n) is 5.41. The molecular weight excluding hydrogens is 316 g/mol. The molecule has 1 aromatic carbocycles. The van der Waals surface area contributed by atoms with Crippen LogP contribution in [-0.2, 0) is 12.8 Å². The van der Waals surface area contributed by atoms with Gasteiger partial charge >= 0.3 is 0 Å². The number of nitrogens with two attached hydrogens (primary N) is 1. The summed E-state index contributed by atoms with van der Waals surface area (Å²) in [6, 6.07) is 5.84. The van der Waals surface area contributed by atoms with Crippen LogP contribution >= 0.6 is 0 Å². The van der Waals surface area contributed by atoms with Crippen molar-refractivity contribution in [2.24, 2.45) is 5.73 Å². The Morgan fingerprint density at radius 2 is 2.04 bits per heavy atom. The zero-order valence-electron chi connectivity index (χ0n) is 14.1. The predicted octanol–water partition coefficient (Wildman–Crippen LogP) is 2.36. The number of carbonyl (C=O) groups is 2. The van der Waals surface area contributed by atoms with E-state index in [-0.39, 0.29) is 11.9 Å². The van der Waals surface area contributed by atoms with Crippen LogP contribution < -0.4 is 5.73 Å². The number of aromatic nitrogens is 2. The van der Waals surface area contributed by atoms with E-state index in [1.54, 1.807) is 0 Å². The molecule has 1 atom stereocenters. The summed E-state index contributed by atoms with van der Waals surface area (Å²) in [6.07, 6.45) is 7.36. The Morgan fingerprint density at radius 3 is 2.88 bits per heavy atom. The number of nitrogens with zero attached hydrogens (tertiary/aromatic N) is 2. The number of primary amides is 1. The lowest BCUT2D eigenvalue weighted by Gasteiger charge is -2.36. The maximum absolute atomic E-state index is 13.3. The van der Waals surface area contributed by atoms with E-state index in [4.69, 9.17) is 5.73 Å². The Labute approximate surface area is 146 Å². The molecule has 1 unspecified atom stereocenters. The first-order valence-electron chi connectivity index (χ1n) is 8.91. The first-order valence-corrected chi connectivity index (χ1v) is 8.91. The van der Waals surface area contributed by atoms with Crippen LogP contribution in [0.1, 0.15) is 69.3 Å². The van der Waals surface area contributed by atoms with Crippen molar-refractivity contribution in [1.82, 2.24) is 15.1 Å². The lowest BCUT2D eigenvalue weighted by molar-refractivity contribution is 0.0602. The van der Waals surface area contributed by atoms with Gasteiger partial charge in [-0.2, -0.15) is 5.10 Å². The van der Waals surface area contributed by atoms with E-state index in [9.17, 15) is 9.59 Å². The summed E-state index contributed by atoms with van der Waals surface area (Å²) in [5, 5.41) is 6.88. The van der Waals surface area contributed by atoms with Gasteiger partial charge in [0.1, 0.15) is 0 Å². The van der Waals surface area contributed by atoms with Crippen molar-refractivity contribution in [2.75, 3.05) is 6.54 Å². The molecule has 1 saturated heterocycles. The highest BCUT2D eigenvalue weighted by molar-refractivity contribution is 5.97. The molecular formula is C19H22N4O2. The number of likely N-dealkylation sites (tertiary alicyclic amines) is 1. The fourth-order valence-corrected chi connectivity index (χ4v) is 4.20. The van der Waals surface area contributed by atoms with Gasteiger partial charge in [-0.25, -0.2) is 0 Å². The number of aryl methyl sites for hydroxylation is 1. The number of H-pyrrole nitrogens is 1. The second-order valence-corrected chi connectivity index (χ2v) is 6.87. The highest BCUT2D eigenvalue weighted by atomic mass is 16.2. The minimum Gasteiger partial charge on any atom is -0.365 e. The zero-order chi connectivity index (χ0) is 17.4. The number of nitrogens with one attached hydrogen (secondary N) is 1. The number of hydrogen-bond acceptors (Lipinski definition) is 3. The Morgan fingerprint density at radius 1 is 1.16 bits per heavy atom. The molecule has 0 spiro atoms. The van der Waals surface area contributed by atoms with Crippen LogP contribution in [0.15, 0.2) is 24.4 Å². The topological polar surface area (TPSA) is 92.1 Å². The van der Waals surface area contributed by atoms with E-state index in [0.29, 0.717) is 17.8 Å². The second kappa shape index (κ2) is 6.35. The average molecular weight is 338 g/mol. The third-order valence-corrected chi connectivity index (χ3v) is 5.41. The van der Waals surface area contributed by atoms with Crippen molar-refractivity contribution in [2.45, 2.75) is 44.6 Å². The monoisotopic (exact) mass is 338 g/mol. The van der Waals surface area contributed by atoms with E-state index in [1.165, 1.54) is 17.3 Å². The molecule has 1 aromatic heterocycles. The van der Waals surface area contributed by atoms with Crippen molar-refractivity contribution in [1.29, 1.82) is 0 Å². The van der Waals surface area contributed by atoms with Crippen LogP contribution in [0.25, 0.3) is 0 Å². The van der Waals surface area contributed by atoms with Gasteiger partial charge in [0.15, 0.2) is 0 Å². The number of carbonyl (C=O) groups excluding carboxylic acids is 2. The summed E-state index contributed by atoms with van der Waals surface area (Å²) in [6.45, 7) is 0.685. The second-order valence-electron chi connectivity index (χ2n) is 6.87. The Balaban J connectivity index is 1.70. The van der Waals surface area contributed by atoms with Gasteiger partial charge in [-0.1, -0.05) is 12.1 Å². The molecule has 0 saturated carbocycles. The molecule has 130 valence electrons. The molecule has 0 bridgehead atoms. The first kappa shape index (κ1) is 15.9. The fraction of sp³-hybridized carbons (Fsp3) is 0.421. The summed E-state index contributed by atoms with van der Waals surface area (Å²) < 4.78 is 0. The van der Waals surface area contributed by atoms with Crippen LogP contribution in [0.3, 0.4) is 0 Å². The smallest absolute Gasteiger partial charge is 0.254 e. The average Bonchev–Trinajstić information content (AvgIpc) is 3.29. The normalized spacial score (nSPS) is 19.7. The van der Waals surface area contributed by atoms with Gasteiger partial charge < -0.3 is 10.6 Å². The van der Waals surface area contributed by atoms with Gasteiger partial charge in [-0.3, -0.25) is 14.7 Å². The number of fused-ring (bicyclic) bond motifs is 1. The molecule has 1 fully saturated rings. The molecule has 2 aromatic rings. The van der Waals surface area contributed by atoms with Gasteiger partial charge in [0.25, 0.3) is 11.8 Å². The van der Waals surface area contributed by atoms with E-state index in [1.807, 2.05) is 17.0 Å².